The monoisotopic (exact) mass is 420 g/mol. The van der Waals surface area contributed by atoms with Gasteiger partial charge in [-0.15, -0.1) is 0 Å². The first-order valence-electron chi connectivity index (χ1n) is 11.4. The fraction of sp³-hybridized carbons (Fsp3) is 0.462. The van der Waals surface area contributed by atoms with Crippen LogP contribution in [0.15, 0.2) is 48.5 Å². The van der Waals surface area contributed by atoms with Crippen LogP contribution in [0.2, 0.25) is 0 Å². The molecule has 164 valence electrons. The fourth-order valence-corrected chi connectivity index (χ4v) is 4.81. The molecule has 1 saturated heterocycles. The van der Waals surface area contributed by atoms with Crippen molar-refractivity contribution >= 4 is 11.8 Å². The van der Waals surface area contributed by atoms with Crippen LogP contribution in [0.3, 0.4) is 0 Å². The van der Waals surface area contributed by atoms with Gasteiger partial charge in [0.15, 0.2) is 0 Å². The molecule has 1 heterocycles. The Morgan fingerprint density at radius 1 is 0.903 bits per heavy atom. The first kappa shape index (κ1) is 21.4. The lowest BCUT2D eigenvalue weighted by Gasteiger charge is -2.43. The van der Waals surface area contributed by atoms with E-state index >= 15 is 0 Å². The third-order valence-electron chi connectivity index (χ3n) is 6.63. The number of hydrogen-bond acceptors (Lipinski definition) is 3. The van der Waals surface area contributed by atoms with Gasteiger partial charge in [-0.05, 0) is 43.0 Å². The minimum atomic E-state index is -0.577. The number of methoxy groups -OCH3 is 1. The zero-order valence-electron chi connectivity index (χ0n) is 18.5. The highest BCUT2D eigenvalue weighted by atomic mass is 16.5. The summed E-state index contributed by atoms with van der Waals surface area (Å²) in [7, 11) is 1.64. The molecule has 2 aliphatic rings. The molecular formula is C26H32N2O3. The van der Waals surface area contributed by atoms with Crippen LogP contribution in [0.25, 0.3) is 0 Å². The molecule has 2 fully saturated rings. The third-order valence-corrected chi connectivity index (χ3v) is 6.63. The molecule has 0 radical (unpaired) electrons. The first-order valence-corrected chi connectivity index (χ1v) is 11.4. The van der Waals surface area contributed by atoms with E-state index in [0.29, 0.717) is 6.54 Å². The average Bonchev–Trinajstić information content (AvgIpc) is 3.07. The molecule has 0 N–H and O–H groups in total. The van der Waals surface area contributed by atoms with Crippen molar-refractivity contribution in [2.24, 2.45) is 0 Å². The number of piperazine rings is 1. The molecule has 2 amide bonds. The molecule has 4 rings (SSSR count). The quantitative estimate of drug-likeness (QED) is 0.662. The Morgan fingerprint density at radius 2 is 1.55 bits per heavy atom. The van der Waals surface area contributed by atoms with Crippen molar-refractivity contribution in [3.8, 4) is 5.75 Å². The summed E-state index contributed by atoms with van der Waals surface area (Å²) in [6, 6.07) is 15.3. The van der Waals surface area contributed by atoms with Crippen LogP contribution in [0.4, 0.5) is 0 Å². The molecule has 1 saturated carbocycles. The van der Waals surface area contributed by atoms with Gasteiger partial charge in [-0.25, -0.2) is 0 Å². The Bertz CT molecular complexity index is 899. The van der Waals surface area contributed by atoms with Crippen molar-refractivity contribution in [1.82, 2.24) is 9.80 Å². The minimum absolute atomic E-state index is 0.0187. The van der Waals surface area contributed by atoms with E-state index in [1.807, 2.05) is 60.4 Å². The van der Waals surface area contributed by atoms with Gasteiger partial charge in [0.05, 0.1) is 7.11 Å². The maximum absolute atomic E-state index is 13.8. The van der Waals surface area contributed by atoms with E-state index in [4.69, 9.17) is 4.74 Å². The van der Waals surface area contributed by atoms with Gasteiger partial charge in [-0.2, -0.15) is 0 Å². The van der Waals surface area contributed by atoms with Gasteiger partial charge in [0.1, 0.15) is 18.3 Å². The molecule has 5 heteroatoms. The van der Waals surface area contributed by atoms with E-state index in [1.54, 1.807) is 12.0 Å². The number of nitrogens with zero attached hydrogens (tertiary/aromatic N) is 2. The smallest absolute Gasteiger partial charge is 0.250 e. The summed E-state index contributed by atoms with van der Waals surface area (Å²) in [5.41, 5.74) is 3.01. The van der Waals surface area contributed by atoms with Gasteiger partial charge in [0.25, 0.3) is 5.91 Å². The largest absolute Gasteiger partial charge is 0.497 e. The zero-order valence-corrected chi connectivity index (χ0v) is 18.5. The highest BCUT2D eigenvalue weighted by Gasteiger charge is 2.42. The topological polar surface area (TPSA) is 49.9 Å². The number of aryl methyl sites for hydroxylation is 1. The van der Waals surface area contributed by atoms with Crippen LogP contribution in [0.1, 0.15) is 61.3 Å². The lowest BCUT2D eigenvalue weighted by molar-refractivity contribution is -0.159. The van der Waals surface area contributed by atoms with Crippen molar-refractivity contribution < 1.29 is 14.3 Å². The maximum atomic E-state index is 13.8. The summed E-state index contributed by atoms with van der Waals surface area (Å²) in [6.07, 6.45) is 6.70. The second-order valence-electron chi connectivity index (χ2n) is 8.79. The number of ether oxygens (including phenoxy) is 1. The lowest BCUT2D eigenvalue weighted by Crippen LogP contribution is -2.57. The van der Waals surface area contributed by atoms with Crippen molar-refractivity contribution in [1.29, 1.82) is 0 Å². The van der Waals surface area contributed by atoms with E-state index in [1.165, 1.54) is 12.8 Å². The Labute approximate surface area is 185 Å². The lowest BCUT2D eigenvalue weighted by atomic mass is 9.96. The van der Waals surface area contributed by atoms with E-state index in [9.17, 15) is 9.59 Å². The molecule has 5 nitrogen and oxygen atoms in total. The summed E-state index contributed by atoms with van der Waals surface area (Å²) in [6.45, 7) is 2.62. The van der Waals surface area contributed by atoms with Crippen molar-refractivity contribution in [3.05, 3.63) is 65.2 Å². The van der Waals surface area contributed by atoms with E-state index in [0.717, 1.165) is 48.1 Å². The van der Waals surface area contributed by atoms with Crippen LogP contribution in [0.5, 0.6) is 5.75 Å². The summed E-state index contributed by atoms with van der Waals surface area (Å²) >= 11 is 0. The van der Waals surface area contributed by atoms with Gasteiger partial charge >= 0.3 is 0 Å². The van der Waals surface area contributed by atoms with Crippen molar-refractivity contribution in [2.75, 3.05) is 13.7 Å². The Morgan fingerprint density at radius 3 is 2.16 bits per heavy atom. The highest BCUT2D eigenvalue weighted by molar-refractivity contribution is 5.95. The number of hydrogen-bond donors (Lipinski definition) is 0. The summed E-state index contributed by atoms with van der Waals surface area (Å²) in [5, 5.41) is 0. The van der Waals surface area contributed by atoms with Crippen molar-refractivity contribution in [2.45, 2.75) is 64.1 Å². The second kappa shape index (κ2) is 9.54. The predicted octanol–water partition coefficient (Wildman–Crippen LogP) is 4.64. The normalized spacial score (nSPS) is 20.6. The van der Waals surface area contributed by atoms with Gasteiger partial charge in [0, 0.05) is 12.6 Å². The number of rotatable bonds is 5. The highest BCUT2D eigenvalue weighted by Crippen LogP contribution is 2.33. The Hall–Kier alpha value is -2.82. The van der Waals surface area contributed by atoms with Gasteiger partial charge < -0.3 is 14.5 Å². The average molecular weight is 421 g/mol. The molecule has 0 aromatic heterocycles. The summed E-state index contributed by atoms with van der Waals surface area (Å²) in [4.78, 5) is 30.8. The SMILES string of the molecule is COc1ccc(CN2C(=O)CN(C3CCCCCC3)C(=O)[C@H]2c2ccc(C)cc2)cc1. The van der Waals surface area contributed by atoms with E-state index in [2.05, 4.69) is 0 Å². The van der Waals surface area contributed by atoms with Gasteiger partial charge in [-0.3, -0.25) is 9.59 Å². The first-order chi connectivity index (χ1) is 15.1. The molecule has 0 bridgehead atoms. The number of carbonyl (C=O) groups excluding carboxylic acids is 2. The fourth-order valence-electron chi connectivity index (χ4n) is 4.81. The number of benzene rings is 2. The predicted molar refractivity (Wildman–Crippen MR) is 121 cm³/mol. The van der Waals surface area contributed by atoms with E-state index in [-0.39, 0.29) is 24.4 Å². The minimum Gasteiger partial charge on any atom is -0.497 e. The third kappa shape index (κ3) is 4.76. The van der Waals surface area contributed by atoms with Crippen LogP contribution in [0, 0.1) is 6.92 Å². The standard InChI is InChI=1S/C26H32N2O3/c1-19-9-13-21(14-10-19)25-26(30)27(22-7-5-3-4-6-8-22)18-24(29)28(25)17-20-11-15-23(31-2)16-12-20/h9-16,22,25H,3-8,17-18H2,1-2H3/t25-/m1/s1. The van der Waals surface area contributed by atoms with Gasteiger partial charge in [-0.1, -0.05) is 67.6 Å². The summed E-state index contributed by atoms with van der Waals surface area (Å²) in [5.74, 6) is 0.855. The molecule has 2 aromatic rings. The molecule has 31 heavy (non-hydrogen) atoms. The Kier molecular flexibility index (Phi) is 6.59. The second-order valence-corrected chi connectivity index (χ2v) is 8.79. The molecule has 2 aromatic carbocycles. The Balaban J connectivity index is 1.64. The molecule has 0 spiro atoms. The number of carbonyl (C=O) groups is 2. The van der Waals surface area contributed by atoms with E-state index < -0.39 is 6.04 Å². The molecular weight excluding hydrogens is 388 g/mol. The molecule has 1 aliphatic heterocycles. The van der Waals surface area contributed by atoms with Crippen LogP contribution < -0.4 is 4.74 Å². The number of amides is 2. The van der Waals surface area contributed by atoms with Gasteiger partial charge in [0.2, 0.25) is 5.91 Å². The van der Waals surface area contributed by atoms with Crippen LogP contribution >= 0.6 is 0 Å². The van der Waals surface area contributed by atoms with Crippen LogP contribution in [-0.2, 0) is 16.1 Å². The molecule has 1 atom stereocenters. The zero-order chi connectivity index (χ0) is 21.8. The maximum Gasteiger partial charge on any atom is 0.250 e. The van der Waals surface area contributed by atoms with Crippen LogP contribution in [-0.4, -0.2) is 41.3 Å². The van der Waals surface area contributed by atoms with Crippen molar-refractivity contribution in [3.63, 3.8) is 0 Å². The molecule has 0 unspecified atom stereocenters. The molecule has 1 aliphatic carbocycles. The summed E-state index contributed by atoms with van der Waals surface area (Å²) < 4.78 is 5.25.